The van der Waals surface area contributed by atoms with Crippen LogP contribution in [-0.4, -0.2) is 17.5 Å². The summed E-state index contributed by atoms with van der Waals surface area (Å²) in [5.74, 6) is 0.981. The van der Waals surface area contributed by atoms with Crippen molar-refractivity contribution in [1.82, 2.24) is 4.98 Å². The Bertz CT molecular complexity index is 1430. The van der Waals surface area contributed by atoms with Gasteiger partial charge in [0.15, 0.2) is 12.2 Å². The minimum atomic E-state index is -0.240. The van der Waals surface area contributed by atoms with Crippen LogP contribution in [0.4, 0.5) is 5.69 Å². The first kappa shape index (κ1) is 19.8. The summed E-state index contributed by atoms with van der Waals surface area (Å²) in [6.07, 6.45) is 0. The standard InChI is InChI=1S/C27H22N2O3/c1-17-11-18(2)13-21(12-17)27-29-24-15-22(8-10-25(24)32-27)28-26(30)16-31-23-9-7-19-5-3-4-6-20(19)14-23/h3-15H,16H2,1-2H3,(H,28,30). The topological polar surface area (TPSA) is 64.4 Å². The first-order chi connectivity index (χ1) is 15.5. The van der Waals surface area contributed by atoms with Gasteiger partial charge in [-0.3, -0.25) is 4.79 Å². The van der Waals surface area contributed by atoms with Crippen LogP contribution in [0, 0.1) is 13.8 Å². The third kappa shape index (κ3) is 4.18. The number of nitrogens with zero attached hydrogens (tertiary/aromatic N) is 1. The van der Waals surface area contributed by atoms with Crippen LogP contribution in [0.2, 0.25) is 0 Å². The van der Waals surface area contributed by atoms with Crippen LogP contribution in [-0.2, 0) is 4.79 Å². The lowest BCUT2D eigenvalue weighted by molar-refractivity contribution is -0.118. The van der Waals surface area contributed by atoms with Gasteiger partial charge in [-0.25, -0.2) is 4.98 Å². The number of amides is 1. The zero-order valence-electron chi connectivity index (χ0n) is 17.9. The molecule has 5 heteroatoms. The quantitative estimate of drug-likeness (QED) is 0.362. The van der Waals surface area contributed by atoms with Gasteiger partial charge in [-0.05, 0) is 67.1 Å². The second-order valence-corrected chi connectivity index (χ2v) is 7.92. The molecule has 1 aromatic heterocycles. The first-order valence-electron chi connectivity index (χ1n) is 10.4. The number of aryl methyl sites for hydroxylation is 2. The second kappa shape index (κ2) is 8.19. The number of hydrogen-bond acceptors (Lipinski definition) is 4. The van der Waals surface area contributed by atoms with E-state index in [1.807, 2.05) is 74.5 Å². The van der Waals surface area contributed by atoms with Crippen LogP contribution in [0.25, 0.3) is 33.3 Å². The number of ether oxygens (including phenoxy) is 1. The van der Waals surface area contributed by atoms with E-state index in [4.69, 9.17) is 9.15 Å². The Balaban J connectivity index is 1.28. The molecular weight excluding hydrogens is 400 g/mol. The van der Waals surface area contributed by atoms with Crippen molar-refractivity contribution in [2.75, 3.05) is 11.9 Å². The Labute approximate surface area is 185 Å². The van der Waals surface area contributed by atoms with E-state index in [0.717, 1.165) is 27.5 Å². The number of carbonyl (C=O) groups is 1. The van der Waals surface area contributed by atoms with Crippen molar-refractivity contribution < 1.29 is 13.9 Å². The third-order valence-corrected chi connectivity index (χ3v) is 5.23. The molecule has 0 spiro atoms. The van der Waals surface area contributed by atoms with Gasteiger partial charge in [0.1, 0.15) is 11.3 Å². The van der Waals surface area contributed by atoms with E-state index in [1.54, 1.807) is 12.1 Å². The molecule has 0 aliphatic heterocycles. The summed E-state index contributed by atoms with van der Waals surface area (Å²) in [5.41, 5.74) is 5.25. The Kier molecular flexibility index (Phi) is 5.07. The molecule has 0 unspecified atom stereocenters. The molecule has 0 aliphatic rings. The van der Waals surface area contributed by atoms with Gasteiger partial charge in [0.25, 0.3) is 5.91 Å². The predicted octanol–water partition coefficient (Wildman–Crippen LogP) is 6.28. The molecule has 32 heavy (non-hydrogen) atoms. The summed E-state index contributed by atoms with van der Waals surface area (Å²) in [6.45, 7) is 4.02. The normalized spacial score (nSPS) is 11.1. The van der Waals surface area contributed by atoms with Crippen molar-refractivity contribution in [2.24, 2.45) is 0 Å². The summed E-state index contributed by atoms with van der Waals surface area (Å²) in [7, 11) is 0. The summed E-state index contributed by atoms with van der Waals surface area (Å²) in [5, 5.41) is 5.06. The van der Waals surface area contributed by atoms with Crippen LogP contribution < -0.4 is 10.1 Å². The van der Waals surface area contributed by atoms with Gasteiger partial charge < -0.3 is 14.5 Å². The number of hydrogen-bond donors (Lipinski definition) is 1. The Morgan fingerprint density at radius 1 is 0.906 bits per heavy atom. The van der Waals surface area contributed by atoms with Gasteiger partial charge in [0.2, 0.25) is 5.89 Å². The van der Waals surface area contributed by atoms with Crippen molar-refractivity contribution >= 4 is 33.5 Å². The van der Waals surface area contributed by atoms with Crippen LogP contribution in [0.1, 0.15) is 11.1 Å². The highest BCUT2D eigenvalue weighted by atomic mass is 16.5. The van der Waals surface area contributed by atoms with Gasteiger partial charge in [-0.2, -0.15) is 0 Å². The minimum Gasteiger partial charge on any atom is -0.484 e. The van der Waals surface area contributed by atoms with Crippen LogP contribution in [0.5, 0.6) is 5.75 Å². The minimum absolute atomic E-state index is 0.0803. The molecule has 5 aromatic rings. The number of benzene rings is 4. The smallest absolute Gasteiger partial charge is 0.262 e. The fraction of sp³-hybridized carbons (Fsp3) is 0.111. The molecule has 1 N–H and O–H groups in total. The SMILES string of the molecule is Cc1cc(C)cc(-c2nc3cc(NC(=O)COc4ccc5ccccc5c4)ccc3o2)c1. The average Bonchev–Trinajstić information content (AvgIpc) is 3.20. The molecule has 0 saturated carbocycles. The Morgan fingerprint density at radius 3 is 2.50 bits per heavy atom. The van der Waals surface area contributed by atoms with E-state index in [9.17, 15) is 4.79 Å². The van der Waals surface area contributed by atoms with Crippen LogP contribution in [0.15, 0.2) is 83.3 Å². The molecule has 0 atom stereocenters. The number of oxazole rings is 1. The maximum Gasteiger partial charge on any atom is 0.262 e. The first-order valence-corrected chi connectivity index (χ1v) is 10.4. The van der Waals surface area contributed by atoms with E-state index in [-0.39, 0.29) is 12.5 Å². The largest absolute Gasteiger partial charge is 0.484 e. The highest BCUT2D eigenvalue weighted by molar-refractivity contribution is 5.94. The molecule has 5 rings (SSSR count). The molecule has 0 aliphatic carbocycles. The molecule has 1 heterocycles. The lowest BCUT2D eigenvalue weighted by Gasteiger charge is -2.08. The molecule has 0 saturated heterocycles. The zero-order valence-corrected chi connectivity index (χ0v) is 17.9. The van der Waals surface area contributed by atoms with Crippen molar-refractivity contribution in [3.05, 3.63) is 90.0 Å². The predicted molar refractivity (Wildman–Crippen MR) is 127 cm³/mol. The highest BCUT2D eigenvalue weighted by Crippen LogP contribution is 2.27. The summed E-state index contributed by atoms with van der Waals surface area (Å²) < 4.78 is 11.6. The van der Waals surface area contributed by atoms with E-state index in [2.05, 4.69) is 16.4 Å². The van der Waals surface area contributed by atoms with Gasteiger partial charge in [0, 0.05) is 11.3 Å². The van der Waals surface area contributed by atoms with Gasteiger partial charge in [-0.1, -0.05) is 47.5 Å². The van der Waals surface area contributed by atoms with Gasteiger partial charge in [0.05, 0.1) is 0 Å². The molecule has 4 aromatic carbocycles. The summed E-state index contributed by atoms with van der Waals surface area (Å²) >= 11 is 0. The number of aromatic nitrogens is 1. The highest BCUT2D eigenvalue weighted by Gasteiger charge is 2.11. The Hall–Kier alpha value is -4.12. The fourth-order valence-corrected chi connectivity index (χ4v) is 3.83. The van der Waals surface area contributed by atoms with E-state index in [1.165, 1.54) is 0 Å². The van der Waals surface area contributed by atoms with Crippen LogP contribution in [0.3, 0.4) is 0 Å². The Morgan fingerprint density at radius 2 is 1.69 bits per heavy atom. The maximum atomic E-state index is 12.4. The lowest BCUT2D eigenvalue weighted by Crippen LogP contribution is -2.20. The summed E-state index contributed by atoms with van der Waals surface area (Å²) in [4.78, 5) is 17.0. The monoisotopic (exact) mass is 422 g/mol. The van der Waals surface area contributed by atoms with Gasteiger partial charge in [-0.15, -0.1) is 0 Å². The lowest BCUT2D eigenvalue weighted by atomic mass is 10.1. The molecule has 1 amide bonds. The maximum absolute atomic E-state index is 12.4. The molecule has 0 bridgehead atoms. The van der Waals surface area contributed by atoms with E-state index in [0.29, 0.717) is 28.4 Å². The molecule has 5 nitrogen and oxygen atoms in total. The number of fused-ring (bicyclic) bond motifs is 2. The fourth-order valence-electron chi connectivity index (χ4n) is 3.83. The van der Waals surface area contributed by atoms with Crippen molar-refractivity contribution in [2.45, 2.75) is 13.8 Å². The van der Waals surface area contributed by atoms with E-state index >= 15 is 0 Å². The number of carbonyl (C=O) groups excluding carboxylic acids is 1. The van der Waals surface area contributed by atoms with Crippen molar-refractivity contribution in [3.8, 4) is 17.2 Å². The van der Waals surface area contributed by atoms with Crippen molar-refractivity contribution in [1.29, 1.82) is 0 Å². The molecular formula is C27H22N2O3. The number of anilines is 1. The average molecular weight is 422 g/mol. The van der Waals surface area contributed by atoms with Crippen LogP contribution >= 0.6 is 0 Å². The van der Waals surface area contributed by atoms with Gasteiger partial charge >= 0.3 is 0 Å². The molecule has 0 fully saturated rings. The summed E-state index contributed by atoms with van der Waals surface area (Å²) in [6, 6.07) is 25.4. The number of rotatable bonds is 5. The third-order valence-electron chi connectivity index (χ3n) is 5.23. The molecule has 0 radical (unpaired) electrons. The second-order valence-electron chi connectivity index (χ2n) is 7.92. The van der Waals surface area contributed by atoms with E-state index < -0.39 is 0 Å². The zero-order chi connectivity index (χ0) is 22.1. The molecule has 158 valence electrons. The van der Waals surface area contributed by atoms with Crippen molar-refractivity contribution in [3.63, 3.8) is 0 Å². The number of nitrogens with one attached hydrogen (secondary N) is 1.